The molecule has 1 saturated heterocycles. The van der Waals surface area contributed by atoms with Crippen LogP contribution >= 0.6 is 11.6 Å². The van der Waals surface area contributed by atoms with E-state index in [1.54, 1.807) is 0 Å². The van der Waals surface area contributed by atoms with Gasteiger partial charge in [0.25, 0.3) is 0 Å². The van der Waals surface area contributed by atoms with Crippen molar-refractivity contribution >= 4 is 23.1 Å². The van der Waals surface area contributed by atoms with Crippen molar-refractivity contribution in [2.75, 3.05) is 44.2 Å². The molecule has 3 aromatic rings. The zero-order valence-electron chi connectivity index (χ0n) is 17.3. The van der Waals surface area contributed by atoms with E-state index in [-0.39, 0.29) is 12.0 Å². The summed E-state index contributed by atoms with van der Waals surface area (Å²) in [5, 5.41) is 14.6. The Morgan fingerprint density at radius 3 is 2.38 bits per heavy atom. The molecule has 0 saturated carbocycles. The monoisotopic (exact) mass is 413 g/mol. The van der Waals surface area contributed by atoms with Gasteiger partial charge in [0.1, 0.15) is 5.82 Å². The Hall–Kier alpha value is -2.15. The van der Waals surface area contributed by atoms with Gasteiger partial charge in [0.2, 0.25) is 0 Å². The Bertz CT molecular complexity index is 985. The highest BCUT2D eigenvalue weighted by Crippen LogP contribution is 2.31. The summed E-state index contributed by atoms with van der Waals surface area (Å²) >= 11 is 6.07. The fraction of sp³-hybridized carbons (Fsp3) is 0.455. The molecule has 1 aliphatic rings. The molecule has 0 bridgehead atoms. The van der Waals surface area contributed by atoms with Gasteiger partial charge in [-0.05, 0) is 17.7 Å². The van der Waals surface area contributed by atoms with Crippen LogP contribution in [0.1, 0.15) is 26.5 Å². The third-order valence-electron chi connectivity index (χ3n) is 5.49. The van der Waals surface area contributed by atoms with Crippen molar-refractivity contribution in [3.63, 3.8) is 0 Å². The van der Waals surface area contributed by atoms with Crippen LogP contribution < -0.4 is 4.90 Å². The second-order valence-electron chi connectivity index (χ2n) is 8.60. The Morgan fingerprint density at radius 2 is 1.76 bits per heavy atom. The molecule has 1 aliphatic heterocycles. The lowest BCUT2D eigenvalue weighted by molar-refractivity contribution is 0.188. The van der Waals surface area contributed by atoms with Gasteiger partial charge in [0, 0.05) is 54.8 Å². The van der Waals surface area contributed by atoms with Crippen molar-refractivity contribution in [3.8, 4) is 11.1 Å². The second kappa shape index (κ2) is 7.94. The first-order chi connectivity index (χ1) is 13.9. The third-order valence-corrected chi connectivity index (χ3v) is 5.74. The number of β-amino-alcohol motifs (C(OH)–C–C–N with tert-alkyl or cyclic N) is 1. The number of aliphatic hydroxyl groups is 1. The maximum Gasteiger partial charge on any atom is 0.165 e. The van der Waals surface area contributed by atoms with E-state index >= 15 is 0 Å². The molecule has 0 atom stereocenters. The van der Waals surface area contributed by atoms with Crippen molar-refractivity contribution in [1.82, 2.24) is 19.5 Å². The molecule has 1 fully saturated rings. The molecule has 154 valence electrons. The predicted octanol–water partition coefficient (Wildman–Crippen LogP) is 3.46. The van der Waals surface area contributed by atoms with E-state index < -0.39 is 0 Å². The summed E-state index contributed by atoms with van der Waals surface area (Å²) in [6.45, 7) is 11.2. The van der Waals surface area contributed by atoms with Gasteiger partial charge in [-0.2, -0.15) is 9.61 Å². The highest BCUT2D eigenvalue weighted by molar-refractivity contribution is 6.30. The topological polar surface area (TPSA) is 56.9 Å². The molecule has 0 aliphatic carbocycles. The summed E-state index contributed by atoms with van der Waals surface area (Å²) in [5.74, 6) is 1.07. The van der Waals surface area contributed by atoms with E-state index in [1.807, 2.05) is 35.0 Å². The number of benzene rings is 1. The molecule has 29 heavy (non-hydrogen) atoms. The number of fused-ring (bicyclic) bond motifs is 1. The zero-order valence-corrected chi connectivity index (χ0v) is 18.0. The van der Waals surface area contributed by atoms with Crippen molar-refractivity contribution in [2.45, 2.75) is 26.2 Å². The summed E-state index contributed by atoms with van der Waals surface area (Å²) in [6.07, 6.45) is 1.89. The van der Waals surface area contributed by atoms with Gasteiger partial charge in [-0.25, -0.2) is 4.98 Å². The van der Waals surface area contributed by atoms with Gasteiger partial charge in [0.05, 0.1) is 18.5 Å². The number of hydrogen-bond acceptors (Lipinski definition) is 5. The summed E-state index contributed by atoms with van der Waals surface area (Å²) in [7, 11) is 0. The molecule has 6 nitrogen and oxygen atoms in total. The van der Waals surface area contributed by atoms with E-state index in [0.29, 0.717) is 0 Å². The van der Waals surface area contributed by atoms with Gasteiger partial charge in [-0.1, -0.05) is 44.5 Å². The van der Waals surface area contributed by atoms with Crippen molar-refractivity contribution in [1.29, 1.82) is 0 Å². The minimum Gasteiger partial charge on any atom is -0.395 e. The molecule has 4 rings (SSSR count). The number of piperazine rings is 1. The highest BCUT2D eigenvalue weighted by Gasteiger charge is 2.25. The van der Waals surface area contributed by atoms with Crippen molar-refractivity contribution in [3.05, 3.63) is 47.2 Å². The molecule has 1 N–H and O–H groups in total. The molecule has 0 unspecified atom stereocenters. The van der Waals surface area contributed by atoms with Crippen LogP contribution in [0.15, 0.2) is 36.5 Å². The number of nitrogens with zero attached hydrogens (tertiary/aromatic N) is 5. The Balaban J connectivity index is 1.79. The van der Waals surface area contributed by atoms with Crippen molar-refractivity contribution in [2.24, 2.45) is 0 Å². The van der Waals surface area contributed by atoms with Gasteiger partial charge in [-0.3, -0.25) is 4.90 Å². The van der Waals surface area contributed by atoms with Crippen LogP contribution in [0.3, 0.4) is 0 Å². The van der Waals surface area contributed by atoms with Crippen LogP contribution in [0, 0.1) is 0 Å². The normalized spacial score (nSPS) is 16.0. The van der Waals surface area contributed by atoms with E-state index in [1.165, 1.54) is 0 Å². The third kappa shape index (κ3) is 4.10. The first-order valence-corrected chi connectivity index (χ1v) is 10.5. The van der Waals surface area contributed by atoms with Crippen LogP contribution in [-0.2, 0) is 5.41 Å². The Morgan fingerprint density at radius 1 is 1.07 bits per heavy atom. The van der Waals surface area contributed by atoms with Crippen LogP contribution in [-0.4, -0.2) is 63.9 Å². The zero-order chi connectivity index (χ0) is 20.6. The lowest BCUT2D eigenvalue weighted by Crippen LogP contribution is -2.47. The van der Waals surface area contributed by atoms with Gasteiger partial charge < -0.3 is 10.0 Å². The number of rotatable bonds is 4. The molecular formula is C22H28ClN5O. The number of aliphatic hydroxyl groups excluding tert-OH is 1. The summed E-state index contributed by atoms with van der Waals surface area (Å²) in [4.78, 5) is 9.67. The van der Waals surface area contributed by atoms with Crippen LogP contribution in [0.25, 0.3) is 16.8 Å². The van der Waals surface area contributed by atoms with E-state index in [0.717, 1.165) is 66.0 Å². The van der Waals surface area contributed by atoms with E-state index in [4.69, 9.17) is 21.7 Å². The van der Waals surface area contributed by atoms with Crippen LogP contribution in [0.4, 0.5) is 5.82 Å². The quantitative estimate of drug-likeness (QED) is 0.709. The number of hydrogen-bond donors (Lipinski definition) is 1. The van der Waals surface area contributed by atoms with Gasteiger partial charge in [0.15, 0.2) is 5.65 Å². The predicted molar refractivity (Wildman–Crippen MR) is 118 cm³/mol. The Labute approximate surface area is 176 Å². The van der Waals surface area contributed by atoms with Crippen LogP contribution in [0.2, 0.25) is 5.02 Å². The minimum atomic E-state index is -0.0727. The lowest BCUT2D eigenvalue weighted by atomic mass is 9.91. The Kier molecular flexibility index (Phi) is 5.51. The number of anilines is 1. The van der Waals surface area contributed by atoms with E-state index in [9.17, 15) is 5.11 Å². The summed E-state index contributed by atoms with van der Waals surface area (Å²) in [6, 6.07) is 9.99. The first kappa shape index (κ1) is 20.1. The lowest BCUT2D eigenvalue weighted by Gasteiger charge is -2.36. The summed E-state index contributed by atoms with van der Waals surface area (Å²) < 4.78 is 1.96. The highest BCUT2D eigenvalue weighted by atomic mass is 35.5. The SMILES string of the molecule is CC(C)(C)c1cc(N2CCN(CCO)CC2)n2ncc(-c3ccc(Cl)cc3)c2n1. The van der Waals surface area contributed by atoms with Crippen molar-refractivity contribution < 1.29 is 5.11 Å². The molecule has 2 aromatic heterocycles. The fourth-order valence-electron chi connectivity index (χ4n) is 3.73. The summed E-state index contributed by atoms with van der Waals surface area (Å²) in [5.41, 5.74) is 3.91. The number of aromatic nitrogens is 3. The fourth-order valence-corrected chi connectivity index (χ4v) is 3.86. The largest absolute Gasteiger partial charge is 0.395 e. The minimum absolute atomic E-state index is 0.0727. The van der Waals surface area contributed by atoms with Gasteiger partial charge in [-0.15, -0.1) is 0 Å². The average molecular weight is 414 g/mol. The standard InChI is InChI=1S/C22H28ClN5O/c1-22(2,3)19-14-20(27-10-8-26(9-11-27)12-13-29)28-21(25-19)18(15-24-28)16-4-6-17(23)7-5-16/h4-7,14-15,29H,8-13H2,1-3H3. The maximum atomic E-state index is 9.21. The smallest absolute Gasteiger partial charge is 0.165 e. The van der Waals surface area contributed by atoms with E-state index in [2.05, 4.69) is 36.6 Å². The molecule has 3 heterocycles. The van der Waals surface area contributed by atoms with Crippen LogP contribution in [0.5, 0.6) is 0 Å². The molecule has 7 heteroatoms. The first-order valence-electron chi connectivity index (χ1n) is 10.1. The molecule has 0 spiro atoms. The molecular weight excluding hydrogens is 386 g/mol. The average Bonchev–Trinajstić information content (AvgIpc) is 3.12. The number of halogens is 1. The molecule has 1 aromatic carbocycles. The second-order valence-corrected chi connectivity index (χ2v) is 9.04. The molecule has 0 amide bonds. The van der Waals surface area contributed by atoms with Gasteiger partial charge >= 0.3 is 0 Å². The maximum absolute atomic E-state index is 9.21. The molecule has 0 radical (unpaired) electrons.